The highest BCUT2D eigenvalue weighted by atomic mass is 32.2. The minimum absolute atomic E-state index is 0.165. The molecule has 1 atom stereocenters. The van der Waals surface area contributed by atoms with E-state index in [0.717, 1.165) is 42.1 Å². The van der Waals surface area contributed by atoms with E-state index in [1.54, 1.807) is 0 Å². The Bertz CT molecular complexity index is 875. The molecule has 1 aromatic carbocycles. The van der Waals surface area contributed by atoms with Crippen molar-refractivity contribution in [2.24, 2.45) is 0 Å². The van der Waals surface area contributed by atoms with Crippen LogP contribution in [0.4, 0.5) is 16.3 Å². The van der Waals surface area contributed by atoms with Crippen molar-refractivity contribution in [3.05, 3.63) is 36.0 Å². The minimum Gasteiger partial charge on any atom is -0.377 e. The fourth-order valence-corrected chi connectivity index (χ4v) is 3.54. The van der Waals surface area contributed by atoms with Crippen LogP contribution in [-0.4, -0.2) is 54.1 Å². The summed E-state index contributed by atoms with van der Waals surface area (Å²) in [4.78, 5) is 23.7. The van der Waals surface area contributed by atoms with Gasteiger partial charge in [-0.1, -0.05) is 0 Å². The van der Waals surface area contributed by atoms with Crippen LogP contribution in [0.3, 0.4) is 0 Å². The molecule has 4 rings (SSSR count). The predicted octanol–water partition coefficient (Wildman–Crippen LogP) is 3.45. The Hall–Kier alpha value is -2.36. The van der Waals surface area contributed by atoms with Gasteiger partial charge in [0.25, 0.3) is 0 Å². The lowest BCUT2D eigenvalue weighted by molar-refractivity contribution is 0.0985. The second-order valence-corrected chi connectivity index (χ2v) is 8.11. The van der Waals surface area contributed by atoms with Crippen LogP contribution in [0.1, 0.15) is 25.5 Å². The van der Waals surface area contributed by atoms with Crippen LogP contribution in [0.25, 0.3) is 11.4 Å². The number of nitrogens with zero attached hydrogens (tertiary/aromatic N) is 3. The van der Waals surface area contributed by atoms with Crippen molar-refractivity contribution in [1.29, 1.82) is 0 Å². The minimum atomic E-state index is -0.165. The van der Waals surface area contributed by atoms with Crippen molar-refractivity contribution in [2.75, 3.05) is 36.2 Å². The molecule has 0 unspecified atom stereocenters. The summed E-state index contributed by atoms with van der Waals surface area (Å²) in [5.74, 6) is 1.52. The zero-order chi connectivity index (χ0) is 20.9. The number of nitrogens with one attached hydrogen (secondary N) is 2. The van der Waals surface area contributed by atoms with E-state index in [0.29, 0.717) is 31.7 Å². The number of carbonyl (C=O) groups excluding carboxylic acids is 1. The van der Waals surface area contributed by atoms with Gasteiger partial charge >= 0.3 is 6.03 Å². The van der Waals surface area contributed by atoms with Crippen LogP contribution >= 0.6 is 12.0 Å². The lowest BCUT2D eigenvalue weighted by Crippen LogP contribution is -2.44. The van der Waals surface area contributed by atoms with Gasteiger partial charge in [0.05, 0.1) is 24.9 Å². The molecular weight excluding hydrogens is 402 g/mol. The van der Waals surface area contributed by atoms with Gasteiger partial charge in [-0.2, -0.15) is 0 Å². The van der Waals surface area contributed by atoms with Gasteiger partial charge in [0.2, 0.25) is 0 Å². The number of ether oxygens (including phenoxy) is 1. The van der Waals surface area contributed by atoms with Crippen molar-refractivity contribution < 1.29 is 13.7 Å². The number of urea groups is 1. The first-order valence-corrected chi connectivity index (χ1v) is 11.3. The third-order valence-electron chi connectivity index (χ3n) is 5.07. The van der Waals surface area contributed by atoms with Gasteiger partial charge in [0.1, 0.15) is 12.4 Å². The Morgan fingerprint density at radius 2 is 2.10 bits per heavy atom. The number of morpholine rings is 1. The summed E-state index contributed by atoms with van der Waals surface area (Å²) < 4.78 is 11.1. The number of hydrogen-bond acceptors (Lipinski definition) is 7. The van der Waals surface area contributed by atoms with Crippen molar-refractivity contribution in [3.63, 3.8) is 0 Å². The summed E-state index contributed by atoms with van der Waals surface area (Å²) >= 11 is 1.32. The number of rotatable bonds is 7. The zero-order valence-corrected chi connectivity index (χ0v) is 18.1. The maximum atomic E-state index is 11.9. The van der Waals surface area contributed by atoms with Gasteiger partial charge in [-0.25, -0.2) is 14.8 Å². The molecular formula is C21H27N5O3S. The molecule has 2 aromatic rings. The van der Waals surface area contributed by atoms with E-state index in [1.807, 2.05) is 36.6 Å². The van der Waals surface area contributed by atoms with Crippen LogP contribution in [0, 0.1) is 0 Å². The average molecular weight is 430 g/mol. The summed E-state index contributed by atoms with van der Waals surface area (Å²) in [6, 6.07) is 9.97. The molecule has 1 aliphatic heterocycles. The normalized spacial score (nSPS) is 18.9. The number of amides is 2. The lowest BCUT2D eigenvalue weighted by Gasteiger charge is -2.34. The Balaban J connectivity index is 1.55. The largest absolute Gasteiger partial charge is 0.377 e. The monoisotopic (exact) mass is 429 g/mol. The summed E-state index contributed by atoms with van der Waals surface area (Å²) in [7, 11) is 0. The fourth-order valence-electron chi connectivity index (χ4n) is 3.30. The summed E-state index contributed by atoms with van der Waals surface area (Å²) in [6.07, 6.45) is 4.01. The summed E-state index contributed by atoms with van der Waals surface area (Å²) in [5, 5.41) is 5.78. The van der Waals surface area contributed by atoms with Crippen LogP contribution < -0.4 is 15.5 Å². The maximum Gasteiger partial charge on any atom is 0.319 e. The Morgan fingerprint density at radius 3 is 2.80 bits per heavy atom. The summed E-state index contributed by atoms with van der Waals surface area (Å²) in [5.41, 5.74) is 2.45. The standard InChI is InChI=1S/C21H27N5O3S/c1-14-12-28-10-9-26(14)19-11-18(13-29-30-2)22-20(25-19)15-3-5-16(6-4-15)23-21(27)24-17-7-8-17/h3-6,11,14,17H,7-10,12-13H2,1-2H3,(H2,23,24,27)/t14-/m0/s1. The van der Waals surface area contributed by atoms with E-state index in [1.165, 1.54) is 12.0 Å². The third kappa shape index (κ3) is 5.41. The van der Waals surface area contributed by atoms with Crippen LogP contribution in [0.15, 0.2) is 30.3 Å². The van der Waals surface area contributed by atoms with Gasteiger partial charge in [-0.05, 0) is 56.1 Å². The second kappa shape index (κ2) is 9.63. The van der Waals surface area contributed by atoms with Gasteiger partial charge in [0, 0.05) is 36.2 Å². The molecule has 30 heavy (non-hydrogen) atoms. The number of benzene rings is 1. The van der Waals surface area contributed by atoms with Crippen molar-refractivity contribution >= 4 is 29.6 Å². The Kier molecular flexibility index (Phi) is 6.71. The number of carbonyl (C=O) groups is 1. The van der Waals surface area contributed by atoms with E-state index < -0.39 is 0 Å². The first-order chi connectivity index (χ1) is 14.6. The average Bonchev–Trinajstić information content (AvgIpc) is 3.56. The predicted molar refractivity (Wildman–Crippen MR) is 119 cm³/mol. The van der Waals surface area contributed by atoms with Crippen molar-refractivity contribution in [1.82, 2.24) is 15.3 Å². The molecule has 0 radical (unpaired) electrons. The molecule has 1 saturated carbocycles. The summed E-state index contributed by atoms with van der Waals surface area (Å²) in [6.45, 7) is 4.69. The van der Waals surface area contributed by atoms with E-state index >= 15 is 0 Å². The molecule has 2 heterocycles. The van der Waals surface area contributed by atoms with Crippen LogP contribution in [0.2, 0.25) is 0 Å². The zero-order valence-electron chi connectivity index (χ0n) is 17.3. The highest BCUT2D eigenvalue weighted by Crippen LogP contribution is 2.25. The molecule has 2 amide bonds. The quantitative estimate of drug-likeness (QED) is 0.652. The van der Waals surface area contributed by atoms with E-state index in [2.05, 4.69) is 22.5 Å². The molecule has 2 fully saturated rings. The number of hydrogen-bond donors (Lipinski definition) is 2. The maximum absolute atomic E-state index is 11.9. The molecule has 1 aliphatic carbocycles. The topological polar surface area (TPSA) is 88.6 Å². The number of aromatic nitrogens is 2. The molecule has 1 aromatic heterocycles. The molecule has 0 spiro atoms. The molecule has 2 N–H and O–H groups in total. The van der Waals surface area contributed by atoms with Crippen LogP contribution in [0.5, 0.6) is 0 Å². The van der Waals surface area contributed by atoms with Crippen molar-refractivity contribution in [3.8, 4) is 11.4 Å². The highest BCUT2D eigenvalue weighted by molar-refractivity contribution is 7.93. The SMILES string of the molecule is CSOCc1cc(N2CCOC[C@@H]2C)nc(-c2ccc(NC(=O)NC3CC3)cc2)n1. The molecule has 0 bridgehead atoms. The van der Waals surface area contributed by atoms with Crippen molar-refractivity contribution in [2.45, 2.75) is 38.5 Å². The molecule has 160 valence electrons. The fraction of sp³-hybridized carbons (Fsp3) is 0.476. The second-order valence-electron chi connectivity index (χ2n) is 7.54. The van der Waals surface area contributed by atoms with Gasteiger partial charge < -0.3 is 24.5 Å². The van der Waals surface area contributed by atoms with Gasteiger partial charge in [-0.15, -0.1) is 0 Å². The van der Waals surface area contributed by atoms with E-state index in [9.17, 15) is 4.79 Å². The Morgan fingerprint density at radius 1 is 1.30 bits per heavy atom. The first kappa shape index (κ1) is 20.9. The molecule has 8 nitrogen and oxygen atoms in total. The van der Waals surface area contributed by atoms with Gasteiger partial charge in [0.15, 0.2) is 5.82 Å². The molecule has 2 aliphatic rings. The van der Waals surface area contributed by atoms with E-state index in [-0.39, 0.29) is 12.1 Å². The lowest BCUT2D eigenvalue weighted by atomic mass is 10.2. The Labute approximate surface area is 181 Å². The number of anilines is 2. The van der Waals surface area contributed by atoms with E-state index in [4.69, 9.17) is 18.9 Å². The highest BCUT2D eigenvalue weighted by Gasteiger charge is 2.23. The van der Waals surface area contributed by atoms with Gasteiger partial charge in [-0.3, -0.25) is 0 Å². The van der Waals surface area contributed by atoms with Crippen LogP contribution in [-0.2, 0) is 15.5 Å². The first-order valence-electron chi connectivity index (χ1n) is 10.2. The molecule has 1 saturated heterocycles. The molecule has 9 heteroatoms. The third-order valence-corrected chi connectivity index (χ3v) is 5.42. The smallest absolute Gasteiger partial charge is 0.319 e.